The van der Waals surface area contributed by atoms with Crippen molar-refractivity contribution in [3.8, 4) is 0 Å². The van der Waals surface area contributed by atoms with Crippen molar-refractivity contribution in [3.05, 3.63) is 23.8 Å². The molecule has 8 nitrogen and oxygen atoms in total. The quantitative estimate of drug-likeness (QED) is 0.452. The number of aliphatic hydroxyl groups excluding tert-OH is 1. The van der Waals surface area contributed by atoms with Crippen molar-refractivity contribution in [1.82, 2.24) is 0 Å². The zero-order valence-electron chi connectivity index (χ0n) is 21.6. The number of fused-ring (bicyclic) bond motifs is 5. The molecule has 3 saturated carbocycles. The summed E-state index contributed by atoms with van der Waals surface area (Å²) in [6.45, 7) is 6.64. The molecule has 4 aliphatic rings. The van der Waals surface area contributed by atoms with E-state index in [1.165, 1.54) is 0 Å². The van der Waals surface area contributed by atoms with Crippen molar-refractivity contribution in [3.63, 3.8) is 0 Å². The molecule has 0 unspecified atom stereocenters. The van der Waals surface area contributed by atoms with E-state index in [0.717, 1.165) is 18.4 Å². The van der Waals surface area contributed by atoms with Crippen LogP contribution in [-0.4, -0.2) is 57.1 Å². The lowest BCUT2D eigenvalue weighted by Crippen LogP contribution is -2.61. The summed E-state index contributed by atoms with van der Waals surface area (Å²) < 4.78 is 5.20. The number of rotatable bonds is 7. The van der Waals surface area contributed by atoms with Gasteiger partial charge in [0.2, 0.25) is 5.78 Å². The van der Waals surface area contributed by atoms with Crippen LogP contribution in [-0.2, 0) is 23.9 Å². The van der Waals surface area contributed by atoms with Crippen molar-refractivity contribution >= 4 is 23.5 Å². The predicted octanol–water partition coefficient (Wildman–Crippen LogP) is 3.00. The molecule has 3 N–H and O–H groups in total. The lowest BCUT2D eigenvalue weighted by molar-refractivity contribution is -0.181. The summed E-state index contributed by atoms with van der Waals surface area (Å²) in [5, 5.41) is 32.1. The summed E-state index contributed by atoms with van der Waals surface area (Å²) in [6.07, 6.45) is 6.69. The molecule has 0 saturated heterocycles. The Balaban J connectivity index is 1.49. The molecule has 4 aliphatic carbocycles. The Morgan fingerprint density at radius 3 is 2.53 bits per heavy atom. The van der Waals surface area contributed by atoms with Crippen LogP contribution in [0.1, 0.15) is 72.6 Å². The maximum absolute atomic E-state index is 13.3. The van der Waals surface area contributed by atoms with Gasteiger partial charge in [-0.15, -0.1) is 0 Å². The molecule has 0 amide bonds. The van der Waals surface area contributed by atoms with E-state index < -0.39 is 52.3 Å². The van der Waals surface area contributed by atoms with Crippen molar-refractivity contribution in [1.29, 1.82) is 0 Å². The Morgan fingerprint density at radius 2 is 1.86 bits per heavy atom. The van der Waals surface area contributed by atoms with Crippen LogP contribution in [0.15, 0.2) is 23.8 Å². The first-order valence-corrected chi connectivity index (χ1v) is 12.9. The highest BCUT2D eigenvalue weighted by molar-refractivity contribution is 6.01. The molecule has 3 fully saturated rings. The average molecular weight is 503 g/mol. The second-order valence-corrected chi connectivity index (χ2v) is 12.6. The Labute approximate surface area is 211 Å². The smallest absolute Gasteiger partial charge is 0.306 e. The predicted molar refractivity (Wildman–Crippen MR) is 130 cm³/mol. The van der Waals surface area contributed by atoms with Crippen molar-refractivity contribution in [2.24, 2.45) is 34.0 Å². The summed E-state index contributed by atoms with van der Waals surface area (Å²) in [7, 11) is 0. The molecule has 36 heavy (non-hydrogen) atoms. The number of aliphatic carboxylic acids is 1. The van der Waals surface area contributed by atoms with Gasteiger partial charge in [0.15, 0.2) is 12.4 Å². The molecule has 0 aromatic carbocycles. The van der Waals surface area contributed by atoms with Crippen molar-refractivity contribution < 1.29 is 39.2 Å². The van der Waals surface area contributed by atoms with Crippen molar-refractivity contribution in [2.45, 2.75) is 84.3 Å². The number of allylic oxidation sites excluding steroid dienone is 4. The van der Waals surface area contributed by atoms with E-state index >= 15 is 0 Å². The molecule has 198 valence electrons. The third-order valence-corrected chi connectivity index (χ3v) is 9.73. The summed E-state index contributed by atoms with van der Waals surface area (Å²) in [4.78, 5) is 48.6. The van der Waals surface area contributed by atoms with Crippen LogP contribution in [0.4, 0.5) is 0 Å². The monoisotopic (exact) mass is 502 g/mol. The average Bonchev–Trinajstić information content (AvgIpc) is 3.02. The maximum atomic E-state index is 13.3. The normalized spacial score (nSPS) is 39.5. The van der Waals surface area contributed by atoms with Crippen LogP contribution in [0.5, 0.6) is 0 Å². The Morgan fingerprint density at radius 1 is 1.17 bits per heavy atom. The molecule has 8 heteroatoms. The van der Waals surface area contributed by atoms with Crippen LogP contribution in [0.25, 0.3) is 0 Å². The van der Waals surface area contributed by atoms with Gasteiger partial charge in [-0.3, -0.25) is 19.2 Å². The van der Waals surface area contributed by atoms with Gasteiger partial charge in [-0.05, 0) is 61.5 Å². The van der Waals surface area contributed by atoms with E-state index in [4.69, 9.17) is 9.84 Å². The summed E-state index contributed by atoms with van der Waals surface area (Å²) >= 11 is 0. The van der Waals surface area contributed by atoms with Gasteiger partial charge in [-0.25, -0.2) is 0 Å². The fourth-order valence-corrected chi connectivity index (χ4v) is 7.97. The third kappa shape index (κ3) is 4.26. The number of aliphatic hydroxyl groups is 2. The van der Waals surface area contributed by atoms with Crippen LogP contribution in [0.2, 0.25) is 0 Å². The third-order valence-electron chi connectivity index (χ3n) is 9.73. The standard InChI is InChI=1S/C28H38O8/c1-25(2,13-22(32)33)14-23(34)36-15-21(31)28(35)10-8-19-18-6-5-16-11-17(29)7-9-26(16,3)24(18)20(30)12-27(19,28)4/h7,9,11,18-20,24,30,35H,5-6,8,10,12-15H2,1-4H3,(H,32,33)/t18-,19-,20+,24+,26-,27-,28+/m0/s1. The van der Waals surface area contributed by atoms with E-state index in [-0.39, 0.29) is 49.2 Å². The minimum Gasteiger partial charge on any atom is -0.481 e. The maximum Gasteiger partial charge on any atom is 0.306 e. The zero-order valence-corrected chi connectivity index (χ0v) is 21.6. The number of carboxylic acids is 1. The molecule has 7 atom stereocenters. The van der Waals surface area contributed by atoms with Crippen molar-refractivity contribution in [2.75, 3.05) is 6.61 Å². The van der Waals surface area contributed by atoms with Gasteiger partial charge in [0.25, 0.3) is 0 Å². The van der Waals surface area contributed by atoms with E-state index in [1.807, 2.05) is 13.0 Å². The van der Waals surface area contributed by atoms with Gasteiger partial charge in [0, 0.05) is 16.7 Å². The summed E-state index contributed by atoms with van der Waals surface area (Å²) in [6, 6.07) is 0. The highest BCUT2D eigenvalue weighted by Gasteiger charge is 2.68. The molecular formula is C28H38O8. The van der Waals surface area contributed by atoms with Crippen LogP contribution in [0, 0.1) is 34.0 Å². The molecule has 0 spiro atoms. The first-order chi connectivity index (χ1) is 16.6. The number of Topliss-reactive ketones (excluding diaryl/α,β-unsaturated/α-hetero) is 1. The van der Waals surface area contributed by atoms with Gasteiger partial charge in [-0.1, -0.05) is 39.3 Å². The Bertz CT molecular complexity index is 1040. The summed E-state index contributed by atoms with van der Waals surface area (Å²) in [5.41, 5.74) is -2.80. The highest BCUT2D eigenvalue weighted by Crippen LogP contribution is 2.67. The largest absolute Gasteiger partial charge is 0.481 e. The minimum absolute atomic E-state index is 0.00875. The lowest BCUT2D eigenvalue weighted by Gasteiger charge is -2.59. The minimum atomic E-state index is -1.73. The number of esters is 1. The van der Waals surface area contributed by atoms with Gasteiger partial charge >= 0.3 is 11.9 Å². The van der Waals surface area contributed by atoms with E-state index in [9.17, 15) is 29.4 Å². The Hall–Kier alpha value is -2.32. The second-order valence-electron chi connectivity index (χ2n) is 12.6. The molecule has 4 rings (SSSR count). The number of hydrogen-bond acceptors (Lipinski definition) is 7. The van der Waals surface area contributed by atoms with Crippen LogP contribution >= 0.6 is 0 Å². The van der Waals surface area contributed by atoms with Crippen LogP contribution in [0.3, 0.4) is 0 Å². The lowest BCUT2D eigenvalue weighted by atomic mass is 9.46. The first-order valence-electron chi connectivity index (χ1n) is 12.9. The van der Waals surface area contributed by atoms with Gasteiger partial charge in [0.05, 0.1) is 18.9 Å². The highest BCUT2D eigenvalue weighted by atomic mass is 16.5. The second kappa shape index (κ2) is 8.91. The molecule has 0 bridgehead atoms. The fraction of sp³-hybridized carbons (Fsp3) is 0.714. The molecule has 0 aromatic rings. The molecule has 0 aliphatic heterocycles. The van der Waals surface area contributed by atoms with Gasteiger partial charge in [-0.2, -0.15) is 0 Å². The fourth-order valence-electron chi connectivity index (χ4n) is 7.97. The number of ether oxygens (including phenoxy) is 1. The summed E-state index contributed by atoms with van der Waals surface area (Å²) in [5.74, 6) is -2.32. The number of carbonyl (C=O) groups is 4. The molecule has 0 heterocycles. The van der Waals surface area contributed by atoms with Crippen LogP contribution < -0.4 is 0 Å². The number of hydrogen-bond donors (Lipinski definition) is 3. The number of carboxylic acid groups (broad SMARTS) is 1. The van der Waals surface area contributed by atoms with Gasteiger partial charge in [0.1, 0.15) is 5.60 Å². The zero-order chi connectivity index (χ0) is 26.7. The Kier molecular flexibility index (Phi) is 6.62. The molecular weight excluding hydrogens is 464 g/mol. The molecule has 0 radical (unpaired) electrons. The number of ketones is 2. The van der Waals surface area contributed by atoms with E-state index in [0.29, 0.717) is 6.42 Å². The van der Waals surface area contributed by atoms with E-state index in [1.54, 1.807) is 26.0 Å². The SMILES string of the molecule is CC(C)(CC(=O)O)CC(=O)OCC(=O)[C@]1(O)CC[C@H]2[C@@H]3CCC4=CC(=O)C=C[C@]4(C)[C@H]3[C@H](O)C[C@@]21C. The topological polar surface area (TPSA) is 138 Å². The van der Waals surface area contributed by atoms with Gasteiger partial charge < -0.3 is 20.1 Å². The first kappa shape index (κ1) is 26.7. The van der Waals surface area contributed by atoms with E-state index in [2.05, 4.69) is 6.92 Å². The number of carbonyl (C=O) groups excluding carboxylic acids is 3. The molecule has 0 aromatic heterocycles.